The highest BCUT2D eigenvalue weighted by Gasteiger charge is 2.38. The van der Waals surface area contributed by atoms with Crippen LogP contribution >= 0.6 is 22.6 Å². The first-order valence-corrected chi connectivity index (χ1v) is 8.61. The molecule has 0 spiro atoms. The molecule has 0 unspecified atom stereocenters. The molecule has 0 amide bonds. The van der Waals surface area contributed by atoms with E-state index >= 15 is 0 Å². The minimum atomic E-state index is -5.61. The van der Waals surface area contributed by atoms with E-state index in [9.17, 15) is 31.2 Å². The number of carbonyl (C=O) groups excluding carboxylic acids is 2. The molecule has 7 nitrogen and oxygen atoms in total. The van der Waals surface area contributed by atoms with Gasteiger partial charge in [0.2, 0.25) is 0 Å². The van der Waals surface area contributed by atoms with E-state index in [-0.39, 0.29) is 11.3 Å². The Balaban J connectivity index is 2.62. The van der Waals surface area contributed by atoms with Gasteiger partial charge in [0.25, 0.3) is 0 Å². The SMILES string of the molecule is CC(=O)Oc1cc(C(=O)OCC[N-]S(=O)(=O)C(F)(F)F)ccc1I. The summed E-state index contributed by atoms with van der Waals surface area (Å²) in [4.78, 5) is 22.7. The Morgan fingerprint density at radius 3 is 2.46 bits per heavy atom. The van der Waals surface area contributed by atoms with Crippen LogP contribution in [-0.2, 0) is 19.6 Å². The first-order valence-electron chi connectivity index (χ1n) is 6.09. The molecule has 0 saturated carbocycles. The lowest BCUT2D eigenvalue weighted by molar-refractivity contribution is -0.131. The molecule has 0 N–H and O–H groups in total. The second-order valence-corrected chi connectivity index (χ2v) is 6.98. The number of carbonyl (C=O) groups is 2. The first kappa shape index (κ1) is 20.6. The molecule has 0 saturated heterocycles. The zero-order valence-electron chi connectivity index (χ0n) is 12.0. The smallest absolute Gasteiger partial charge is 0.480 e. The third-order valence-electron chi connectivity index (χ3n) is 2.30. The van der Waals surface area contributed by atoms with Crippen molar-refractivity contribution in [2.45, 2.75) is 12.4 Å². The fourth-order valence-corrected chi connectivity index (χ4v) is 2.22. The Bertz CT molecular complexity index is 735. The first-order chi connectivity index (χ1) is 10.9. The number of hydrogen-bond donors (Lipinski definition) is 0. The molecular weight excluding hydrogens is 470 g/mol. The van der Waals surface area contributed by atoms with Gasteiger partial charge in [0.15, 0.2) is 10.0 Å². The van der Waals surface area contributed by atoms with Gasteiger partial charge in [-0.2, -0.15) is 13.2 Å². The van der Waals surface area contributed by atoms with Gasteiger partial charge in [-0.25, -0.2) is 13.2 Å². The van der Waals surface area contributed by atoms with Crippen LogP contribution in [-0.4, -0.2) is 39.0 Å². The number of rotatable bonds is 6. The van der Waals surface area contributed by atoms with Crippen LogP contribution in [0.3, 0.4) is 0 Å². The molecule has 0 aliphatic carbocycles. The Labute approximate surface area is 148 Å². The molecule has 12 heteroatoms. The summed E-state index contributed by atoms with van der Waals surface area (Å²) in [5.41, 5.74) is -5.52. The van der Waals surface area contributed by atoms with Crippen molar-refractivity contribution >= 4 is 44.6 Å². The lowest BCUT2D eigenvalue weighted by atomic mass is 10.2. The van der Waals surface area contributed by atoms with Crippen molar-refractivity contribution in [2.24, 2.45) is 0 Å². The van der Waals surface area contributed by atoms with Crippen molar-refractivity contribution in [1.29, 1.82) is 0 Å². The Morgan fingerprint density at radius 2 is 1.92 bits per heavy atom. The van der Waals surface area contributed by atoms with Gasteiger partial charge in [-0.15, -0.1) is 6.54 Å². The maximum absolute atomic E-state index is 12.0. The zero-order valence-corrected chi connectivity index (χ0v) is 14.9. The summed E-state index contributed by atoms with van der Waals surface area (Å²) in [5.74, 6) is -1.42. The highest BCUT2D eigenvalue weighted by molar-refractivity contribution is 14.1. The van der Waals surface area contributed by atoms with Crippen LogP contribution in [0.5, 0.6) is 5.75 Å². The summed E-state index contributed by atoms with van der Waals surface area (Å²) >= 11 is 1.87. The molecule has 24 heavy (non-hydrogen) atoms. The molecule has 0 heterocycles. The average Bonchev–Trinajstić information content (AvgIpc) is 2.44. The van der Waals surface area contributed by atoms with E-state index in [0.29, 0.717) is 3.57 Å². The maximum Gasteiger partial charge on any atom is 0.480 e. The van der Waals surface area contributed by atoms with Crippen molar-refractivity contribution in [2.75, 3.05) is 13.2 Å². The van der Waals surface area contributed by atoms with Crippen LogP contribution in [0.4, 0.5) is 13.2 Å². The van der Waals surface area contributed by atoms with Crippen LogP contribution < -0.4 is 4.74 Å². The number of halogens is 4. The summed E-state index contributed by atoms with van der Waals surface area (Å²) < 4.78 is 70.0. The summed E-state index contributed by atoms with van der Waals surface area (Å²) in [6.07, 6.45) is 0. The van der Waals surface area contributed by atoms with Gasteiger partial charge < -0.3 is 14.2 Å². The van der Waals surface area contributed by atoms with Crippen molar-refractivity contribution in [3.63, 3.8) is 0 Å². The molecule has 0 bridgehead atoms. The summed E-state index contributed by atoms with van der Waals surface area (Å²) in [7, 11) is -5.61. The standard InChI is InChI=1S/C12H10F3INO6S/c1-7(18)23-10-6-8(2-3-9(10)16)11(19)22-5-4-17-24(20,21)12(13,14)15/h2-3,6H,4-5H2,1H3/q-1. The van der Waals surface area contributed by atoms with Crippen LogP contribution in [0.15, 0.2) is 18.2 Å². The largest absolute Gasteiger partial charge is 0.538 e. The third-order valence-corrected chi connectivity index (χ3v) is 4.30. The molecule has 1 aromatic rings. The van der Waals surface area contributed by atoms with E-state index in [1.54, 1.807) is 0 Å². The normalized spacial score (nSPS) is 11.9. The second kappa shape index (κ2) is 8.11. The van der Waals surface area contributed by atoms with Gasteiger partial charge in [-0.05, 0) is 40.8 Å². The lowest BCUT2D eigenvalue weighted by Crippen LogP contribution is -2.23. The Kier molecular flexibility index (Phi) is 6.97. The number of esters is 2. The van der Waals surface area contributed by atoms with E-state index in [4.69, 9.17) is 4.74 Å². The van der Waals surface area contributed by atoms with Crippen LogP contribution in [0.1, 0.15) is 17.3 Å². The second-order valence-electron chi connectivity index (χ2n) is 4.15. The fraction of sp³-hybridized carbons (Fsp3) is 0.333. The van der Waals surface area contributed by atoms with Gasteiger partial charge in [-0.1, -0.05) is 0 Å². The molecule has 0 fully saturated rings. The van der Waals surface area contributed by atoms with E-state index in [1.165, 1.54) is 25.1 Å². The quantitative estimate of drug-likeness (QED) is 0.269. The highest BCUT2D eigenvalue weighted by Crippen LogP contribution is 2.27. The summed E-state index contributed by atoms with van der Waals surface area (Å²) in [6.45, 7) is -0.360. The molecule has 0 aliphatic heterocycles. The maximum atomic E-state index is 12.0. The lowest BCUT2D eigenvalue weighted by Gasteiger charge is -2.21. The number of alkyl halides is 3. The van der Waals surface area contributed by atoms with Gasteiger partial charge in [0.1, 0.15) is 5.75 Å². The molecular formula is C12H10F3INO6S-. The minimum absolute atomic E-state index is 0.0228. The molecule has 0 atom stereocenters. The molecule has 0 aliphatic rings. The van der Waals surface area contributed by atoms with E-state index in [1.807, 2.05) is 22.6 Å². The van der Waals surface area contributed by atoms with Crippen LogP contribution in [0.25, 0.3) is 4.72 Å². The van der Waals surface area contributed by atoms with Crippen LogP contribution in [0, 0.1) is 3.57 Å². The highest BCUT2D eigenvalue weighted by atomic mass is 127. The van der Waals surface area contributed by atoms with Crippen molar-refractivity contribution < 1.29 is 40.7 Å². The van der Waals surface area contributed by atoms with Crippen molar-refractivity contribution in [3.8, 4) is 5.75 Å². The van der Waals surface area contributed by atoms with Gasteiger partial charge in [0, 0.05) is 6.92 Å². The number of ether oxygens (including phenoxy) is 2. The third kappa shape index (κ3) is 5.90. The summed E-state index contributed by atoms with van der Waals surface area (Å²) in [6, 6.07) is 4.03. The molecule has 1 aromatic carbocycles. The Hall–Kier alpha value is -1.41. The number of hydrogen-bond acceptors (Lipinski definition) is 6. The van der Waals surface area contributed by atoms with Gasteiger partial charge in [-0.3, -0.25) is 4.79 Å². The predicted octanol–water partition coefficient (Wildman–Crippen LogP) is 2.60. The Morgan fingerprint density at radius 1 is 1.29 bits per heavy atom. The van der Waals surface area contributed by atoms with Crippen LogP contribution in [0.2, 0.25) is 0 Å². The zero-order chi connectivity index (χ0) is 18.5. The number of sulfonamides is 1. The minimum Gasteiger partial charge on any atom is -0.538 e. The number of benzene rings is 1. The monoisotopic (exact) mass is 480 g/mol. The molecule has 1 rings (SSSR count). The summed E-state index contributed by atoms with van der Waals surface area (Å²) in [5, 5.41) is 0. The van der Waals surface area contributed by atoms with Crippen molar-refractivity contribution in [3.05, 3.63) is 32.1 Å². The fourth-order valence-electron chi connectivity index (χ4n) is 1.32. The van der Waals surface area contributed by atoms with Gasteiger partial charge >= 0.3 is 17.4 Å². The molecule has 0 radical (unpaired) electrons. The topological polar surface area (TPSA) is 101 Å². The number of nitrogens with zero attached hydrogens (tertiary/aromatic N) is 1. The molecule has 134 valence electrons. The van der Waals surface area contributed by atoms with E-state index in [2.05, 4.69) is 9.46 Å². The van der Waals surface area contributed by atoms with E-state index in [0.717, 1.165) is 0 Å². The van der Waals surface area contributed by atoms with E-state index < -0.39 is 40.6 Å². The average molecular weight is 480 g/mol. The predicted molar refractivity (Wildman–Crippen MR) is 84.0 cm³/mol. The van der Waals surface area contributed by atoms with Crippen molar-refractivity contribution in [1.82, 2.24) is 0 Å². The molecule has 0 aromatic heterocycles. The van der Waals surface area contributed by atoms with Gasteiger partial charge in [0.05, 0.1) is 15.7 Å².